The van der Waals surface area contributed by atoms with Crippen LogP contribution in [-0.4, -0.2) is 17.2 Å². The average molecular weight is 204 g/mol. The zero-order chi connectivity index (χ0) is 10.7. The number of alkyl halides is 2. The average Bonchev–Trinajstić information content (AvgIpc) is 2.16. The summed E-state index contributed by atoms with van der Waals surface area (Å²) in [6.07, 6.45) is -2.71. The molecule has 0 aliphatic rings. The summed E-state index contributed by atoms with van der Waals surface area (Å²) in [5.41, 5.74) is 4.96. The van der Waals surface area contributed by atoms with Gasteiger partial charge in [0.2, 0.25) is 5.88 Å². The summed E-state index contributed by atoms with van der Waals surface area (Å²) < 4.78 is 29.6. The van der Waals surface area contributed by atoms with Crippen LogP contribution in [0, 0.1) is 0 Å². The van der Waals surface area contributed by atoms with Gasteiger partial charge in [0, 0.05) is 17.2 Å². The standard InChI is InChI=1S/C8H10F2N2O2/c1-14-6-2-4(7(9)10)5(3-13)8(11)12-6/h2,7,13H,3H2,1H3,(H2,11,12). The van der Waals surface area contributed by atoms with E-state index in [-0.39, 0.29) is 22.8 Å². The second kappa shape index (κ2) is 4.19. The summed E-state index contributed by atoms with van der Waals surface area (Å²) in [4.78, 5) is 3.67. The van der Waals surface area contributed by atoms with Gasteiger partial charge in [-0.25, -0.2) is 8.78 Å². The summed E-state index contributed by atoms with van der Waals surface area (Å²) in [5, 5.41) is 8.82. The Kier molecular flexibility index (Phi) is 3.19. The minimum absolute atomic E-state index is 0.00926. The van der Waals surface area contributed by atoms with Crippen molar-refractivity contribution >= 4 is 5.82 Å². The fourth-order valence-corrected chi connectivity index (χ4v) is 1.06. The number of halogens is 2. The van der Waals surface area contributed by atoms with E-state index in [4.69, 9.17) is 10.8 Å². The number of ether oxygens (including phenoxy) is 1. The third-order valence-corrected chi connectivity index (χ3v) is 1.77. The zero-order valence-corrected chi connectivity index (χ0v) is 7.50. The first-order chi connectivity index (χ1) is 6.60. The summed E-state index contributed by atoms with van der Waals surface area (Å²) in [6, 6.07) is 1.06. The lowest BCUT2D eigenvalue weighted by Gasteiger charge is -2.10. The van der Waals surface area contributed by atoms with Gasteiger partial charge in [-0.05, 0) is 0 Å². The molecule has 1 rings (SSSR count). The molecule has 0 aliphatic carbocycles. The van der Waals surface area contributed by atoms with Crippen molar-refractivity contribution < 1.29 is 18.6 Å². The van der Waals surface area contributed by atoms with Crippen molar-refractivity contribution in [2.45, 2.75) is 13.0 Å². The first-order valence-electron chi connectivity index (χ1n) is 3.82. The van der Waals surface area contributed by atoms with Crippen molar-refractivity contribution in [1.29, 1.82) is 0 Å². The number of hydrogen-bond acceptors (Lipinski definition) is 4. The van der Waals surface area contributed by atoms with Crippen LogP contribution in [0.15, 0.2) is 6.07 Å². The first kappa shape index (κ1) is 10.6. The van der Waals surface area contributed by atoms with E-state index in [9.17, 15) is 8.78 Å². The minimum atomic E-state index is -2.71. The van der Waals surface area contributed by atoms with E-state index >= 15 is 0 Å². The van der Waals surface area contributed by atoms with Crippen molar-refractivity contribution in [3.63, 3.8) is 0 Å². The molecule has 0 amide bonds. The van der Waals surface area contributed by atoms with Gasteiger partial charge in [-0.1, -0.05) is 0 Å². The molecule has 0 fully saturated rings. The summed E-state index contributed by atoms with van der Waals surface area (Å²) in [5.74, 6) is -0.128. The maximum absolute atomic E-state index is 12.5. The molecule has 0 saturated heterocycles. The minimum Gasteiger partial charge on any atom is -0.481 e. The molecule has 0 bridgehead atoms. The molecular formula is C8H10F2N2O2. The van der Waals surface area contributed by atoms with Crippen molar-refractivity contribution in [3.05, 3.63) is 17.2 Å². The number of pyridine rings is 1. The van der Waals surface area contributed by atoms with Crippen LogP contribution in [0.25, 0.3) is 0 Å². The van der Waals surface area contributed by atoms with Crippen molar-refractivity contribution in [2.24, 2.45) is 0 Å². The van der Waals surface area contributed by atoms with Gasteiger partial charge >= 0.3 is 0 Å². The molecule has 1 aromatic rings. The first-order valence-corrected chi connectivity index (χ1v) is 3.82. The third kappa shape index (κ3) is 1.90. The highest BCUT2D eigenvalue weighted by Gasteiger charge is 2.17. The Hall–Kier alpha value is -1.43. The topological polar surface area (TPSA) is 68.4 Å². The van der Waals surface area contributed by atoms with Crippen molar-refractivity contribution in [2.75, 3.05) is 12.8 Å². The molecule has 0 aliphatic heterocycles. The fraction of sp³-hybridized carbons (Fsp3) is 0.375. The molecule has 1 heterocycles. The number of aliphatic hydroxyl groups excluding tert-OH is 1. The Balaban J connectivity index is 3.28. The van der Waals surface area contributed by atoms with Gasteiger partial charge in [-0.15, -0.1) is 0 Å². The highest BCUT2D eigenvalue weighted by atomic mass is 19.3. The predicted molar refractivity (Wildman–Crippen MR) is 46.1 cm³/mol. The molecule has 78 valence electrons. The van der Waals surface area contributed by atoms with Crippen LogP contribution in [0.1, 0.15) is 17.6 Å². The number of nitrogens with zero attached hydrogens (tertiary/aromatic N) is 1. The zero-order valence-electron chi connectivity index (χ0n) is 7.50. The molecule has 0 saturated carbocycles. The molecule has 3 N–H and O–H groups in total. The highest BCUT2D eigenvalue weighted by Crippen LogP contribution is 2.29. The predicted octanol–water partition coefficient (Wildman–Crippen LogP) is 1.10. The molecule has 0 unspecified atom stereocenters. The molecule has 1 aromatic heterocycles. The lowest BCUT2D eigenvalue weighted by Crippen LogP contribution is -2.05. The quantitative estimate of drug-likeness (QED) is 0.773. The molecule has 6 heteroatoms. The Bertz CT molecular complexity index is 331. The van der Waals surface area contributed by atoms with Crippen molar-refractivity contribution in [3.8, 4) is 5.88 Å². The molecule has 0 radical (unpaired) electrons. The number of rotatable bonds is 3. The van der Waals surface area contributed by atoms with Crippen LogP contribution in [0.2, 0.25) is 0 Å². The van der Waals surface area contributed by atoms with E-state index in [1.165, 1.54) is 7.11 Å². The maximum Gasteiger partial charge on any atom is 0.264 e. The number of aromatic nitrogens is 1. The normalized spacial score (nSPS) is 10.6. The molecule has 0 spiro atoms. The number of nitrogens with two attached hydrogens (primary N) is 1. The van der Waals surface area contributed by atoms with Gasteiger partial charge in [-0.3, -0.25) is 0 Å². The molecular weight excluding hydrogens is 194 g/mol. The van der Waals surface area contributed by atoms with E-state index in [2.05, 4.69) is 9.72 Å². The highest BCUT2D eigenvalue weighted by molar-refractivity contribution is 5.47. The van der Waals surface area contributed by atoms with E-state index in [0.717, 1.165) is 6.07 Å². The van der Waals surface area contributed by atoms with Gasteiger partial charge in [0.05, 0.1) is 13.7 Å². The van der Waals surface area contributed by atoms with Crippen LogP contribution < -0.4 is 10.5 Å². The number of anilines is 1. The molecule has 14 heavy (non-hydrogen) atoms. The van der Waals surface area contributed by atoms with Gasteiger partial charge in [0.15, 0.2) is 0 Å². The Labute approximate surface area is 79.3 Å². The maximum atomic E-state index is 12.5. The van der Waals surface area contributed by atoms with E-state index < -0.39 is 13.0 Å². The van der Waals surface area contributed by atoms with Crippen LogP contribution >= 0.6 is 0 Å². The second-order valence-electron chi connectivity index (χ2n) is 2.58. The lowest BCUT2D eigenvalue weighted by atomic mass is 10.1. The Morgan fingerprint density at radius 2 is 2.29 bits per heavy atom. The number of aliphatic hydroxyl groups is 1. The Morgan fingerprint density at radius 3 is 2.71 bits per heavy atom. The number of hydrogen-bond donors (Lipinski definition) is 2. The summed E-state index contributed by atoms with van der Waals surface area (Å²) in [7, 11) is 1.30. The lowest BCUT2D eigenvalue weighted by molar-refractivity contribution is 0.146. The summed E-state index contributed by atoms with van der Waals surface area (Å²) in [6.45, 7) is -0.567. The van der Waals surface area contributed by atoms with Crippen molar-refractivity contribution in [1.82, 2.24) is 4.98 Å². The largest absolute Gasteiger partial charge is 0.481 e. The van der Waals surface area contributed by atoms with E-state index in [0.29, 0.717) is 0 Å². The fourth-order valence-electron chi connectivity index (χ4n) is 1.06. The SMILES string of the molecule is COc1cc(C(F)F)c(CO)c(N)n1. The van der Waals surface area contributed by atoms with E-state index in [1.807, 2.05) is 0 Å². The molecule has 4 nitrogen and oxygen atoms in total. The van der Waals surface area contributed by atoms with E-state index in [1.54, 1.807) is 0 Å². The Morgan fingerprint density at radius 1 is 1.64 bits per heavy atom. The van der Waals surface area contributed by atoms with Gasteiger partial charge < -0.3 is 15.6 Å². The number of methoxy groups -OCH3 is 1. The van der Waals surface area contributed by atoms with Gasteiger partial charge in [0.25, 0.3) is 6.43 Å². The molecule has 0 aromatic carbocycles. The van der Waals surface area contributed by atoms with Gasteiger partial charge in [0.1, 0.15) is 5.82 Å². The third-order valence-electron chi connectivity index (χ3n) is 1.77. The number of nitrogen functional groups attached to an aromatic ring is 1. The molecule has 0 atom stereocenters. The van der Waals surface area contributed by atoms with Gasteiger partial charge in [-0.2, -0.15) is 4.98 Å². The second-order valence-corrected chi connectivity index (χ2v) is 2.58. The summed E-state index contributed by atoms with van der Waals surface area (Å²) >= 11 is 0. The smallest absolute Gasteiger partial charge is 0.264 e. The van der Waals surface area contributed by atoms with Crippen LogP contribution in [0.4, 0.5) is 14.6 Å². The monoisotopic (exact) mass is 204 g/mol. The van der Waals surface area contributed by atoms with Crippen LogP contribution in [-0.2, 0) is 6.61 Å². The van der Waals surface area contributed by atoms with Crippen LogP contribution in [0.5, 0.6) is 5.88 Å². The van der Waals surface area contributed by atoms with Crippen LogP contribution in [0.3, 0.4) is 0 Å².